The molecule has 0 saturated carbocycles. The number of anilines is 2. The summed E-state index contributed by atoms with van der Waals surface area (Å²) < 4.78 is 54.2. The van der Waals surface area contributed by atoms with Crippen molar-refractivity contribution in [3.05, 3.63) is 59.4 Å². The van der Waals surface area contributed by atoms with Crippen molar-refractivity contribution in [3.8, 4) is 0 Å². The molecule has 2 heterocycles. The molecule has 4 rings (SSSR count). The molecule has 2 aromatic carbocycles. The molecular formula is C23H25F4N3O. The first-order valence-corrected chi connectivity index (χ1v) is 10.4. The molecule has 166 valence electrons. The van der Waals surface area contributed by atoms with E-state index in [0.717, 1.165) is 17.8 Å². The van der Waals surface area contributed by atoms with Gasteiger partial charge in [-0.3, -0.25) is 4.79 Å². The Morgan fingerprint density at radius 2 is 1.84 bits per heavy atom. The van der Waals surface area contributed by atoms with Crippen molar-refractivity contribution in [3.63, 3.8) is 0 Å². The van der Waals surface area contributed by atoms with E-state index in [1.807, 2.05) is 23.6 Å². The van der Waals surface area contributed by atoms with E-state index in [4.69, 9.17) is 0 Å². The monoisotopic (exact) mass is 435 g/mol. The highest BCUT2D eigenvalue weighted by Gasteiger charge is 2.43. The molecule has 0 aromatic heterocycles. The van der Waals surface area contributed by atoms with E-state index >= 15 is 0 Å². The zero-order chi connectivity index (χ0) is 22.3. The lowest BCUT2D eigenvalue weighted by Crippen LogP contribution is -2.61. The number of alkyl halides is 3. The van der Waals surface area contributed by atoms with Gasteiger partial charge in [-0.15, -0.1) is 0 Å². The smallest absolute Gasteiger partial charge is 0.365 e. The summed E-state index contributed by atoms with van der Waals surface area (Å²) in [6.07, 6.45) is -4.23. The standard InChI is InChI=1S/C23H25F4N3O/c1-14(2)28-22(31)17-12-15-11-16(23(25,26)27)7-8-19(15)30-10-9-29(13-21(17)30)20-6-4-3-5-18(20)24/h3-8,11,14,17,21H,9-10,12-13H2,1-2H3,(H,28,31)/t17-,21-/m0/s1. The fraction of sp³-hybridized carbons (Fsp3) is 0.435. The number of para-hydroxylation sites is 1. The summed E-state index contributed by atoms with van der Waals surface area (Å²) in [5.74, 6) is -1.05. The van der Waals surface area contributed by atoms with Crippen LogP contribution < -0.4 is 15.1 Å². The molecule has 1 amide bonds. The van der Waals surface area contributed by atoms with Crippen molar-refractivity contribution >= 4 is 17.3 Å². The van der Waals surface area contributed by atoms with Crippen LogP contribution in [0.15, 0.2) is 42.5 Å². The van der Waals surface area contributed by atoms with Gasteiger partial charge in [0, 0.05) is 31.4 Å². The number of nitrogens with one attached hydrogen (secondary N) is 1. The van der Waals surface area contributed by atoms with Gasteiger partial charge >= 0.3 is 6.18 Å². The van der Waals surface area contributed by atoms with E-state index in [9.17, 15) is 22.4 Å². The molecule has 1 saturated heterocycles. The fourth-order valence-corrected chi connectivity index (χ4v) is 4.62. The van der Waals surface area contributed by atoms with Crippen molar-refractivity contribution < 1.29 is 22.4 Å². The van der Waals surface area contributed by atoms with Gasteiger partial charge in [0.25, 0.3) is 0 Å². The van der Waals surface area contributed by atoms with Gasteiger partial charge in [-0.1, -0.05) is 12.1 Å². The summed E-state index contributed by atoms with van der Waals surface area (Å²) in [5.41, 5.74) is 1.01. The van der Waals surface area contributed by atoms with E-state index in [2.05, 4.69) is 5.32 Å². The number of hydrogen-bond donors (Lipinski definition) is 1. The Hall–Kier alpha value is -2.77. The first-order chi connectivity index (χ1) is 14.6. The predicted molar refractivity (Wildman–Crippen MR) is 112 cm³/mol. The van der Waals surface area contributed by atoms with Crippen molar-refractivity contribution in [1.29, 1.82) is 0 Å². The summed E-state index contributed by atoms with van der Waals surface area (Å²) in [7, 11) is 0. The Kier molecular flexibility index (Phi) is 5.58. The normalized spacial score (nSPS) is 21.0. The van der Waals surface area contributed by atoms with Crippen LogP contribution in [0, 0.1) is 11.7 Å². The highest BCUT2D eigenvalue weighted by atomic mass is 19.4. The maximum absolute atomic E-state index is 14.4. The van der Waals surface area contributed by atoms with E-state index in [-0.39, 0.29) is 30.2 Å². The molecule has 0 spiro atoms. The van der Waals surface area contributed by atoms with Crippen LogP contribution in [-0.4, -0.2) is 37.6 Å². The molecule has 8 heteroatoms. The molecule has 0 radical (unpaired) electrons. The second kappa shape index (κ2) is 8.05. The number of piperazine rings is 1. The first-order valence-electron chi connectivity index (χ1n) is 10.4. The number of carbonyl (C=O) groups is 1. The van der Waals surface area contributed by atoms with Crippen LogP contribution in [0.5, 0.6) is 0 Å². The lowest BCUT2D eigenvalue weighted by atomic mass is 9.82. The summed E-state index contributed by atoms with van der Waals surface area (Å²) in [6.45, 7) is 5.11. The Labute approximate surface area is 178 Å². The maximum Gasteiger partial charge on any atom is 0.416 e. The Morgan fingerprint density at radius 3 is 2.52 bits per heavy atom. The van der Waals surface area contributed by atoms with Crippen LogP contribution in [0.4, 0.5) is 28.9 Å². The summed E-state index contributed by atoms with van der Waals surface area (Å²) in [6, 6.07) is 9.90. The van der Waals surface area contributed by atoms with Gasteiger partial charge < -0.3 is 15.1 Å². The van der Waals surface area contributed by atoms with Gasteiger partial charge in [0.15, 0.2) is 0 Å². The van der Waals surface area contributed by atoms with Crippen LogP contribution in [0.3, 0.4) is 0 Å². The minimum atomic E-state index is -4.44. The molecule has 1 N–H and O–H groups in total. The highest BCUT2D eigenvalue weighted by molar-refractivity contribution is 5.82. The van der Waals surface area contributed by atoms with Gasteiger partial charge in [-0.05, 0) is 56.2 Å². The van der Waals surface area contributed by atoms with Gasteiger partial charge in [0.05, 0.1) is 23.2 Å². The molecule has 1 fully saturated rings. The fourth-order valence-electron chi connectivity index (χ4n) is 4.62. The van der Waals surface area contributed by atoms with Crippen LogP contribution in [0.1, 0.15) is 25.0 Å². The molecule has 0 bridgehead atoms. The minimum absolute atomic E-state index is 0.0879. The molecule has 2 aliphatic heterocycles. The maximum atomic E-state index is 14.4. The SMILES string of the molecule is CC(C)NC(=O)[C@H]1Cc2cc(C(F)(F)F)ccc2N2CCN(c3ccccc3F)C[C@@H]12. The van der Waals surface area contributed by atoms with Gasteiger partial charge in [-0.25, -0.2) is 4.39 Å². The third-order valence-electron chi connectivity index (χ3n) is 6.00. The lowest BCUT2D eigenvalue weighted by molar-refractivity contribution is -0.137. The quantitative estimate of drug-likeness (QED) is 0.733. The Bertz CT molecular complexity index is 976. The summed E-state index contributed by atoms with van der Waals surface area (Å²) in [4.78, 5) is 16.9. The van der Waals surface area contributed by atoms with Crippen molar-refractivity contribution in [2.24, 2.45) is 5.92 Å². The largest absolute Gasteiger partial charge is 0.416 e. The molecule has 0 aliphatic carbocycles. The molecule has 2 aliphatic rings. The zero-order valence-corrected chi connectivity index (χ0v) is 17.4. The number of hydrogen-bond acceptors (Lipinski definition) is 3. The summed E-state index contributed by atoms with van der Waals surface area (Å²) >= 11 is 0. The molecule has 4 nitrogen and oxygen atoms in total. The van der Waals surface area contributed by atoms with Crippen molar-refractivity contribution in [2.75, 3.05) is 29.4 Å². The third kappa shape index (κ3) is 4.20. The second-order valence-electron chi connectivity index (χ2n) is 8.47. The van der Waals surface area contributed by atoms with Gasteiger partial charge in [0.2, 0.25) is 5.91 Å². The Morgan fingerprint density at radius 1 is 1.10 bits per heavy atom. The summed E-state index contributed by atoms with van der Waals surface area (Å²) in [5, 5.41) is 2.91. The lowest BCUT2D eigenvalue weighted by Gasteiger charge is -2.49. The average molecular weight is 435 g/mol. The molecule has 31 heavy (non-hydrogen) atoms. The number of fused-ring (bicyclic) bond motifs is 3. The average Bonchev–Trinajstić information content (AvgIpc) is 2.71. The van der Waals surface area contributed by atoms with Crippen molar-refractivity contribution in [2.45, 2.75) is 38.5 Å². The van der Waals surface area contributed by atoms with Crippen LogP contribution in [-0.2, 0) is 17.4 Å². The Balaban J connectivity index is 1.70. The predicted octanol–water partition coefficient (Wildman–Crippen LogP) is 4.24. The molecule has 2 aromatic rings. The molecule has 2 atom stereocenters. The first kappa shape index (κ1) is 21.5. The van der Waals surface area contributed by atoms with Crippen LogP contribution >= 0.6 is 0 Å². The van der Waals surface area contributed by atoms with Gasteiger partial charge in [0.1, 0.15) is 5.82 Å². The van der Waals surface area contributed by atoms with Gasteiger partial charge in [-0.2, -0.15) is 13.2 Å². The van der Waals surface area contributed by atoms with E-state index in [1.54, 1.807) is 18.2 Å². The molecule has 0 unspecified atom stereocenters. The van der Waals surface area contributed by atoms with E-state index in [1.165, 1.54) is 12.1 Å². The van der Waals surface area contributed by atoms with Crippen LogP contribution in [0.25, 0.3) is 0 Å². The third-order valence-corrected chi connectivity index (χ3v) is 6.00. The zero-order valence-electron chi connectivity index (χ0n) is 17.4. The topological polar surface area (TPSA) is 35.6 Å². The van der Waals surface area contributed by atoms with E-state index < -0.39 is 17.7 Å². The minimum Gasteiger partial charge on any atom is -0.365 e. The second-order valence-corrected chi connectivity index (χ2v) is 8.47. The number of halogens is 4. The number of nitrogens with zero attached hydrogens (tertiary/aromatic N) is 2. The van der Waals surface area contributed by atoms with Crippen LogP contribution in [0.2, 0.25) is 0 Å². The van der Waals surface area contributed by atoms with Crippen molar-refractivity contribution in [1.82, 2.24) is 5.32 Å². The number of rotatable bonds is 3. The molecular weight excluding hydrogens is 410 g/mol. The van der Waals surface area contributed by atoms with E-state index in [0.29, 0.717) is 30.9 Å². The highest BCUT2D eigenvalue weighted by Crippen LogP contribution is 2.40. The number of amides is 1. The number of benzene rings is 2. The number of carbonyl (C=O) groups excluding carboxylic acids is 1.